The second kappa shape index (κ2) is 8.91. The fraction of sp³-hybridized carbons (Fsp3) is 0.800. The molecule has 0 amide bonds. The fourth-order valence-electron chi connectivity index (χ4n) is 1.46. The Morgan fingerprint density at radius 1 is 1.47 bits per heavy atom. The van der Waals surface area contributed by atoms with E-state index < -0.39 is 0 Å². The van der Waals surface area contributed by atoms with Crippen molar-refractivity contribution in [2.75, 3.05) is 34.4 Å². The van der Waals surface area contributed by atoms with Crippen LogP contribution in [0, 0.1) is 5.41 Å². The Labute approximate surface area is 103 Å². The van der Waals surface area contributed by atoms with Crippen molar-refractivity contribution in [1.29, 1.82) is 5.41 Å². The highest BCUT2D eigenvalue weighted by Crippen LogP contribution is 1.95. The van der Waals surface area contributed by atoms with Gasteiger partial charge in [-0.15, -0.1) is 0 Å². The highest BCUT2D eigenvalue weighted by atomic mass is 16.1. The number of carbonyl (C=O) groups is 1. The molecule has 7 heteroatoms. The van der Waals surface area contributed by atoms with E-state index in [1.807, 2.05) is 31.1 Å². The molecule has 0 radical (unpaired) electrons. The molecule has 0 spiro atoms. The van der Waals surface area contributed by atoms with E-state index in [1.165, 1.54) is 0 Å². The van der Waals surface area contributed by atoms with Gasteiger partial charge in [0, 0.05) is 13.6 Å². The van der Waals surface area contributed by atoms with Gasteiger partial charge < -0.3 is 15.8 Å². The zero-order valence-electron chi connectivity index (χ0n) is 10.9. The summed E-state index contributed by atoms with van der Waals surface area (Å²) in [5.74, 6) is -0.0367. The van der Waals surface area contributed by atoms with Crippen LogP contribution < -0.4 is 16.5 Å². The number of nitrogens with two attached hydrogens (primary N) is 1. The minimum absolute atomic E-state index is 0.0367. The van der Waals surface area contributed by atoms with Crippen molar-refractivity contribution in [3.05, 3.63) is 0 Å². The van der Waals surface area contributed by atoms with Gasteiger partial charge in [0.15, 0.2) is 5.96 Å². The fourth-order valence-corrected chi connectivity index (χ4v) is 1.46. The van der Waals surface area contributed by atoms with Crippen LogP contribution in [0.1, 0.15) is 12.8 Å². The van der Waals surface area contributed by atoms with Crippen LogP contribution in [-0.2, 0) is 4.79 Å². The molecule has 100 valence electrons. The van der Waals surface area contributed by atoms with Crippen molar-refractivity contribution >= 4 is 12.2 Å². The van der Waals surface area contributed by atoms with E-state index in [2.05, 4.69) is 10.7 Å². The summed E-state index contributed by atoms with van der Waals surface area (Å²) in [4.78, 5) is 12.9. The molecule has 0 unspecified atom stereocenters. The maximum absolute atomic E-state index is 10.9. The number of nitrogens with one attached hydrogen (secondary N) is 3. The standard InChI is InChI=1S/C10H24N6O/c1-15(2)8-16(3)14-9(7-17)5-4-6-13-10(11)12/h7,9,14H,4-6,8H2,1-3H3,(H4,11,12,13)/t9-/m0/s1. The average Bonchev–Trinajstić information content (AvgIpc) is 2.21. The predicted octanol–water partition coefficient (Wildman–Crippen LogP) is -1.23. The monoisotopic (exact) mass is 244 g/mol. The summed E-state index contributed by atoms with van der Waals surface area (Å²) in [5.41, 5.74) is 8.25. The normalized spacial score (nSPS) is 12.8. The molecule has 5 N–H and O–H groups in total. The number of rotatable bonds is 9. The van der Waals surface area contributed by atoms with Gasteiger partial charge in [-0.3, -0.25) is 10.3 Å². The number of hydrogen-bond donors (Lipinski definition) is 4. The van der Waals surface area contributed by atoms with Crippen LogP contribution in [0.2, 0.25) is 0 Å². The zero-order valence-corrected chi connectivity index (χ0v) is 10.9. The molecule has 0 aliphatic carbocycles. The van der Waals surface area contributed by atoms with Gasteiger partial charge in [-0.25, -0.2) is 10.4 Å². The van der Waals surface area contributed by atoms with Crippen molar-refractivity contribution < 1.29 is 4.79 Å². The highest BCUT2D eigenvalue weighted by molar-refractivity contribution is 5.74. The number of aldehydes is 1. The molecular formula is C10H24N6O. The Morgan fingerprint density at radius 3 is 2.59 bits per heavy atom. The lowest BCUT2D eigenvalue weighted by Crippen LogP contribution is -2.47. The summed E-state index contributed by atoms with van der Waals surface area (Å²) in [7, 11) is 5.82. The van der Waals surface area contributed by atoms with E-state index >= 15 is 0 Å². The Bertz CT molecular complexity index is 233. The highest BCUT2D eigenvalue weighted by Gasteiger charge is 2.09. The summed E-state index contributed by atoms with van der Waals surface area (Å²) in [5, 5.41) is 11.6. The Morgan fingerprint density at radius 2 is 2.12 bits per heavy atom. The summed E-state index contributed by atoms with van der Waals surface area (Å²) in [6.07, 6.45) is 2.40. The smallest absolute Gasteiger partial charge is 0.185 e. The number of carbonyl (C=O) groups excluding carboxylic acids is 1. The molecule has 1 atom stereocenters. The summed E-state index contributed by atoms with van der Waals surface area (Å²) < 4.78 is 0. The Balaban J connectivity index is 3.75. The molecule has 0 saturated carbocycles. The minimum Gasteiger partial charge on any atom is -0.370 e. The van der Waals surface area contributed by atoms with E-state index in [0.29, 0.717) is 13.0 Å². The van der Waals surface area contributed by atoms with Gasteiger partial charge in [-0.05, 0) is 26.9 Å². The second-order valence-electron chi connectivity index (χ2n) is 4.27. The van der Waals surface area contributed by atoms with Gasteiger partial charge in [-0.1, -0.05) is 0 Å². The van der Waals surface area contributed by atoms with Crippen molar-refractivity contribution in [2.45, 2.75) is 18.9 Å². The van der Waals surface area contributed by atoms with Crippen LogP contribution in [0.25, 0.3) is 0 Å². The van der Waals surface area contributed by atoms with Gasteiger partial charge >= 0.3 is 0 Å². The molecular weight excluding hydrogens is 220 g/mol. The second-order valence-corrected chi connectivity index (χ2v) is 4.27. The van der Waals surface area contributed by atoms with Gasteiger partial charge in [0.1, 0.15) is 6.29 Å². The quantitative estimate of drug-likeness (QED) is 0.101. The van der Waals surface area contributed by atoms with Crippen LogP contribution in [0.15, 0.2) is 0 Å². The first kappa shape index (κ1) is 15.8. The molecule has 7 nitrogen and oxygen atoms in total. The lowest BCUT2D eigenvalue weighted by Gasteiger charge is -2.25. The zero-order chi connectivity index (χ0) is 13.3. The lowest BCUT2D eigenvalue weighted by atomic mass is 10.2. The van der Waals surface area contributed by atoms with E-state index in [9.17, 15) is 4.79 Å². The first-order valence-electron chi connectivity index (χ1n) is 5.61. The topological polar surface area (TPSA) is 97.5 Å². The minimum atomic E-state index is -0.200. The third kappa shape index (κ3) is 9.73. The Hall–Kier alpha value is -1.18. The number of hydrazine groups is 1. The molecule has 0 aromatic heterocycles. The van der Waals surface area contributed by atoms with E-state index in [1.54, 1.807) is 0 Å². The molecule has 0 rings (SSSR count). The first-order valence-corrected chi connectivity index (χ1v) is 5.61. The van der Waals surface area contributed by atoms with E-state index in [4.69, 9.17) is 11.1 Å². The number of hydrogen-bond acceptors (Lipinski definition) is 5. The molecule has 0 aliphatic heterocycles. The van der Waals surface area contributed by atoms with Gasteiger partial charge in [0.2, 0.25) is 0 Å². The van der Waals surface area contributed by atoms with Crippen LogP contribution in [0.3, 0.4) is 0 Å². The first-order chi connectivity index (χ1) is 7.95. The van der Waals surface area contributed by atoms with Crippen LogP contribution in [-0.4, -0.2) is 62.6 Å². The molecule has 0 fully saturated rings. The number of guanidine groups is 1. The summed E-state index contributed by atoms with van der Waals surface area (Å²) in [6.45, 7) is 1.34. The lowest BCUT2D eigenvalue weighted by molar-refractivity contribution is -0.111. The van der Waals surface area contributed by atoms with Crippen LogP contribution in [0.5, 0.6) is 0 Å². The number of nitrogens with zero attached hydrogens (tertiary/aromatic N) is 2. The molecule has 0 heterocycles. The van der Waals surface area contributed by atoms with Crippen molar-refractivity contribution in [1.82, 2.24) is 20.7 Å². The van der Waals surface area contributed by atoms with Gasteiger partial charge in [-0.2, -0.15) is 0 Å². The van der Waals surface area contributed by atoms with Gasteiger partial charge in [0.25, 0.3) is 0 Å². The molecule has 0 aromatic carbocycles. The van der Waals surface area contributed by atoms with E-state index in [0.717, 1.165) is 19.4 Å². The molecule has 0 saturated heterocycles. The molecule has 0 bridgehead atoms. The van der Waals surface area contributed by atoms with Crippen molar-refractivity contribution in [3.8, 4) is 0 Å². The average molecular weight is 244 g/mol. The van der Waals surface area contributed by atoms with Crippen LogP contribution >= 0.6 is 0 Å². The van der Waals surface area contributed by atoms with E-state index in [-0.39, 0.29) is 12.0 Å². The van der Waals surface area contributed by atoms with Crippen molar-refractivity contribution in [2.24, 2.45) is 5.73 Å². The summed E-state index contributed by atoms with van der Waals surface area (Å²) in [6, 6.07) is -0.200. The van der Waals surface area contributed by atoms with Crippen molar-refractivity contribution in [3.63, 3.8) is 0 Å². The van der Waals surface area contributed by atoms with Crippen LogP contribution in [0.4, 0.5) is 0 Å². The maximum Gasteiger partial charge on any atom is 0.185 e. The molecule has 0 aliphatic rings. The third-order valence-corrected chi connectivity index (χ3v) is 2.05. The SMILES string of the molecule is CN(C)CN(C)N[C@H](C=O)CCCNC(=N)N. The van der Waals surface area contributed by atoms with Gasteiger partial charge in [0.05, 0.1) is 12.7 Å². The Kier molecular flexibility index (Phi) is 8.29. The largest absolute Gasteiger partial charge is 0.370 e. The maximum atomic E-state index is 10.9. The third-order valence-electron chi connectivity index (χ3n) is 2.05. The predicted molar refractivity (Wildman–Crippen MR) is 68.5 cm³/mol. The summed E-state index contributed by atoms with van der Waals surface area (Å²) >= 11 is 0. The molecule has 17 heavy (non-hydrogen) atoms. The molecule has 0 aromatic rings.